The van der Waals surface area contributed by atoms with Gasteiger partial charge in [0.2, 0.25) is 5.95 Å². The number of hydrogen-bond acceptors (Lipinski definition) is 4. The molecule has 5 nitrogen and oxygen atoms in total. The lowest BCUT2D eigenvalue weighted by Gasteiger charge is -2.22. The van der Waals surface area contributed by atoms with Gasteiger partial charge in [-0.25, -0.2) is 4.98 Å². The Hall–Kier alpha value is -2.14. The van der Waals surface area contributed by atoms with Gasteiger partial charge in [-0.2, -0.15) is 0 Å². The average molecular weight is 299 g/mol. The molecule has 1 aromatic carbocycles. The fraction of sp³-hybridized carbons (Fsp3) is 0.412. The number of methoxy groups -OCH3 is 1. The molecule has 1 saturated heterocycles. The van der Waals surface area contributed by atoms with Gasteiger partial charge in [0.15, 0.2) is 0 Å². The van der Waals surface area contributed by atoms with Gasteiger partial charge >= 0.3 is 0 Å². The second kappa shape index (κ2) is 6.75. The van der Waals surface area contributed by atoms with Crippen LogP contribution < -0.4 is 10.5 Å². The van der Waals surface area contributed by atoms with Gasteiger partial charge in [0.1, 0.15) is 0 Å². The number of nitrogens with zero attached hydrogens (tertiary/aromatic N) is 3. The maximum Gasteiger partial charge on any atom is 0.255 e. The van der Waals surface area contributed by atoms with Crippen LogP contribution in [0.4, 0.5) is 5.95 Å². The standard InChI is InChI=1S/C17H21N3O2/c1-22-13-15-11-16(21)20(12-14-7-3-2-4-8-14)17(18-15)19-9-5-6-10-19/h2-4,7-8,11H,5-6,9-10,12-13H2,1H3. The molecule has 5 heteroatoms. The maximum absolute atomic E-state index is 12.5. The molecule has 0 atom stereocenters. The van der Waals surface area contributed by atoms with Gasteiger partial charge in [0.05, 0.1) is 18.8 Å². The Balaban J connectivity index is 2.00. The molecular weight excluding hydrogens is 278 g/mol. The Bertz CT molecular complexity index is 676. The monoisotopic (exact) mass is 299 g/mol. The lowest BCUT2D eigenvalue weighted by Crippen LogP contribution is -2.32. The minimum absolute atomic E-state index is 0.0206. The van der Waals surface area contributed by atoms with E-state index in [1.165, 1.54) is 0 Å². The summed E-state index contributed by atoms with van der Waals surface area (Å²) in [5, 5.41) is 0. The second-order valence-electron chi connectivity index (χ2n) is 5.58. The van der Waals surface area contributed by atoms with Crippen molar-refractivity contribution in [2.45, 2.75) is 26.0 Å². The Morgan fingerprint density at radius 2 is 1.91 bits per heavy atom. The van der Waals surface area contributed by atoms with Crippen LogP contribution in [0, 0.1) is 0 Å². The van der Waals surface area contributed by atoms with Crippen LogP contribution >= 0.6 is 0 Å². The molecule has 0 unspecified atom stereocenters. The second-order valence-corrected chi connectivity index (χ2v) is 5.58. The molecular formula is C17H21N3O2. The van der Waals surface area contributed by atoms with Crippen molar-refractivity contribution in [3.63, 3.8) is 0 Å². The highest BCUT2D eigenvalue weighted by molar-refractivity contribution is 5.34. The molecule has 1 fully saturated rings. The third-order valence-electron chi connectivity index (χ3n) is 3.91. The molecule has 0 bridgehead atoms. The van der Waals surface area contributed by atoms with Crippen LogP contribution in [0.25, 0.3) is 0 Å². The minimum Gasteiger partial charge on any atom is -0.378 e. The molecule has 0 spiro atoms. The number of anilines is 1. The normalized spacial score (nSPS) is 14.5. The fourth-order valence-electron chi connectivity index (χ4n) is 2.84. The molecule has 3 rings (SSSR count). The van der Waals surface area contributed by atoms with Gasteiger partial charge < -0.3 is 9.64 Å². The van der Waals surface area contributed by atoms with Gasteiger partial charge in [-0.05, 0) is 18.4 Å². The number of aromatic nitrogens is 2. The van der Waals surface area contributed by atoms with E-state index >= 15 is 0 Å². The first kappa shape index (κ1) is 14.8. The van der Waals surface area contributed by atoms with E-state index in [-0.39, 0.29) is 5.56 Å². The summed E-state index contributed by atoms with van der Waals surface area (Å²) in [6, 6.07) is 11.6. The molecule has 1 aliphatic heterocycles. The summed E-state index contributed by atoms with van der Waals surface area (Å²) in [5.41, 5.74) is 1.78. The molecule has 0 radical (unpaired) electrons. The van der Waals surface area contributed by atoms with Crippen molar-refractivity contribution in [1.29, 1.82) is 0 Å². The first-order valence-electron chi connectivity index (χ1n) is 7.66. The average Bonchev–Trinajstić information content (AvgIpc) is 3.05. The smallest absolute Gasteiger partial charge is 0.255 e. The third-order valence-corrected chi connectivity index (χ3v) is 3.91. The summed E-state index contributed by atoms with van der Waals surface area (Å²) in [6.45, 7) is 2.82. The van der Waals surface area contributed by atoms with Crippen LogP contribution in [0.5, 0.6) is 0 Å². The molecule has 2 heterocycles. The lowest BCUT2D eigenvalue weighted by atomic mass is 10.2. The predicted molar refractivity (Wildman–Crippen MR) is 86.2 cm³/mol. The van der Waals surface area contributed by atoms with Crippen molar-refractivity contribution in [2.24, 2.45) is 0 Å². The summed E-state index contributed by atoms with van der Waals surface area (Å²) in [7, 11) is 1.62. The van der Waals surface area contributed by atoms with Crippen molar-refractivity contribution in [3.8, 4) is 0 Å². The van der Waals surface area contributed by atoms with E-state index in [4.69, 9.17) is 4.74 Å². The van der Waals surface area contributed by atoms with Gasteiger partial charge in [-0.3, -0.25) is 9.36 Å². The zero-order valence-electron chi connectivity index (χ0n) is 12.9. The van der Waals surface area contributed by atoms with Crippen LogP contribution in [0.3, 0.4) is 0 Å². The quantitative estimate of drug-likeness (QED) is 0.847. The van der Waals surface area contributed by atoms with E-state index in [1.54, 1.807) is 17.7 Å². The zero-order chi connectivity index (χ0) is 15.4. The summed E-state index contributed by atoms with van der Waals surface area (Å²) in [6.07, 6.45) is 2.30. The van der Waals surface area contributed by atoms with Gasteiger partial charge in [-0.15, -0.1) is 0 Å². The molecule has 0 aliphatic carbocycles. The molecule has 0 saturated carbocycles. The van der Waals surface area contributed by atoms with Crippen molar-refractivity contribution in [1.82, 2.24) is 9.55 Å². The van der Waals surface area contributed by atoms with Crippen LogP contribution in [-0.2, 0) is 17.9 Å². The molecule has 0 N–H and O–H groups in total. The van der Waals surface area contributed by atoms with Crippen molar-refractivity contribution >= 4 is 5.95 Å². The van der Waals surface area contributed by atoms with Crippen molar-refractivity contribution in [2.75, 3.05) is 25.1 Å². The van der Waals surface area contributed by atoms with Crippen LogP contribution in [-0.4, -0.2) is 29.8 Å². The first-order valence-corrected chi connectivity index (χ1v) is 7.66. The van der Waals surface area contributed by atoms with Crippen LogP contribution in [0.1, 0.15) is 24.1 Å². The Morgan fingerprint density at radius 1 is 1.18 bits per heavy atom. The van der Waals surface area contributed by atoms with Gasteiger partial charge in [-0.1, -0.05) is 30.3 Å². The largest absolute Gasteiger partial charge is 0.378 e. The van der Waals surface area contributed by atoms with Crippen LogP contribution in [0.15, 0.2) is 41.2 Å². The van der Waals surface area contributed by atoms with Gasteiger partial charge in [0, 0.05) is 26.3 Å². The molecule has 1 aromatic heterocycles. The van der Waals surface area contributed by atoms with E-state index in [1.807, 2.05) is 30.3 Å². The zero-order valence-corrected chi connectivity index (χ0v) is 12.9. The Labute approximate surface area is 130 Å². The van der Waals surface area contributed by atoms with Crippen LogP contribution in [0.2, 0.25) is 0 Å². The summed E-state index contributed by atoms with van der Waals surface area (Å²) in [5.74, 6) is 0.765. The molecule has 116 valence electrons. The first-order chi connectivity index (χ1) is 10.8. The van der Waals surface area contributed by atoms with E-state index < -0.39 is 0 Å². The topological polar surface area (TPSA) is 47.4 Å². The number of hydrogen-bond donors (Lipinski definition) is 0. The number of benzene rings is 1. The highest BCUT2D eigenvalue weighted by atomic mass is 16.5. The maximum atomic E-state index is 12.5. The minimum atomic E-state index is -0.0206. The summed E-state index contributed by atoms with van der Waals surface area (Å²) in [4.78, 5) is 19.4. The van der Waals surface area contributed by atoms with E-state index in [0.29, 0.717) is 18.8 Å². The lowest BCUT2D eigenvalue weighted by molar-refractivity contribution is 0.181. The molecule has 1 aliphatic rings. The van der Waals surface area contributed by atoms with E-state index in [9.17, 15) is 4.79 Å². The van der Waals surface area contributed by atoms with Crippen molar-refractivity contribution < 1.29 is 4.74 Å². The third kappa shape index (κ3) is 3.20. The van der Waals surface area contributed by atoms with E-state index in [0.717, 1.165) is 37.4 Å². The molecule has 2 aromatic rings. The van der Waals surface area contributed by atoms with E-state index in [2.05, 4.69) is 9.88 Å². The molecule has 0 amide bonds. The number of ether oxygens (including phenoxy) is 1. The molecule has 22 heavy (non-hydrogen) atoms. The predicted octanol–water partition coefficient (Wildman–Crippen LogP) is 2.04. The highest BCUT2D eigenvalue weighted by Gasteiger charge is 2.19. The Morgan fingerprint density at radius 3 is 2.59 bits per heavy atom. The Kier molecular flexibility index (Phi) is 4.53. The van der Waals surface area contributed by atoms with Gasteiger partial charge in [0.25, 0.3) is 5.56 Å². The fourth-order valence-corrected chi connectivity index (χ4v) is 2.84. The summed E-state index contributed by atoms with van der Waals surface area (Å²) >= 11 is 0. The highest BCUT2D eigenvalue weighted by Crippen LogP contribution is 2.18. The SMILES string of the molecule is COCc1cc(=O)n(Cc2ccccc2)c(N2CCCC2)n1. The van der Waals surface area contributed by atoms with Crippen molar-refractivity contribution in [3.05, 3.63) is 58.0 Å². The summed E-state index contributed by atoms with van der Waals surface area (Å²) < 4.78 is 6.89. The number of rotatable bonds is 5.